The van der Waals surface area contributed by atoms with Crippen LogP contribution in [0.3, 0.4) is 0 Å². The molecular weight excluding hydrogens is 274 g/mol. The molecular formula is C11H8F6N2. The number of nitrogens with one attached hydrogen (secondary N) is 1. The Bertz CT molecular complexity index is 465. The van der Waals surface area contributed by atoms with E-state index in [9.17, 15) is 26.3 Å². The van der Waals surface area contributed by atoms with Crippen LogP contribution in [0.25, 0.3) is 0 Å². The van der Waals surface area contributed by atoms with Gasteiger partial charge < -0.3 is 5.32 Å². The van der Waals surface area contributed by atoms with Gasteiger partial charge in [0, 0.05) is 0 Å². The average Bonchev–Trinajstić information content (AvgIpc) is 2.28. The van der Waals surface area contributed by atoms with Gasteiger partial charge >= 0.3 is 12.4 Å². The summed E-state index contributed by atoms with van der Waals surface area (Å²) in [5.74, 6) is 0. The number of nitriles is 1. The van der Waals surface area contributed by atoms with Crippen LogP contribution < -0.4 is 5.32 Å². The van der Waals surface area contributed by atoms with Crippen molar-refractivity contribution in [1.82, 2.24) is 5.32 Å². The number of rotatable bonds is 2. The molecule has 104 valence electrons. The highest BCUT2D eigenvalue weighted by Gasteiger charge is 2.37. The molecule has 0 aliphatic rings. The molecule has 0 heterocycles. The molecule has 0 bridgehead atoms. The monoisotopic (exact) mass is 282 g/mol. The fourth-order valence-electron chi connectivity index (χ4n) is 1.45. The third-order valence-corrected chi connectivity index (χ3v) is 2.36. The fraction of sp³-hybridized carbons (Fsp3) is 0.364. The van der Waals surface area contributed by atoms with E-state index in [-0.39, 0.29) is 11.6 Å². The molecule has 0 amide bonds. The molecule has 0 saturated heterocycles. The van der Waals surface area contributed by atoms with Crippen LogP contribution in [0.4, 0.5) is 26.3 Å². The lowest BCUT2D eigenvalue weighted by Gasteiger charge is -2.16. The van der Waals surface area contributed by atoms with Crippen LogP contribution in [0.15, 0.2) is 18.2 Å². The van der Waals surface area contributed by atoms with E-state index in [2.05, 4.69) is 5.32 Å². The summed E-state index contributed by atoms with van der Waals surface area (Å²) in [6.45, 7) is 0. The molecule has 0 radical (unpaired) electrons. The van der Waals surface area contributed by atoms with E-state index in [1.165, 1.54) is 7.05 Å². The summed E-state index contributed by atoms with van der Waals surface area (Å²) >= 11 is 0. The second kappa shape index (κ2) is 5.09. The Balaban J connectivity index is 3.46. The van der Waals surface area contributed by atoms with Crippen LogP contribution in [0.1, 0.15) is 22.7 Å². The van der Waals surface area contributed by atoms with Crippen molar-refractivity contribution in [3.05, 3.63) is 34.9 Å². The molecule has 1 N–H and O–H groups in total. The first-order chi connectivity index (χ1) is 8.59. The van der Waals surface area contributed by atoms with Gasteiger partial charge in [0.05, 0.1) is 17.2 Å². The van der Waals surface area contributed by atoms with Gasteiger partial charge in [-0.1, -0.05) is 0 Å². The second-order valence-corrected chi connectivity index (χ2v) is 3.69. The molecule has 1 unspecified atom stereocenters. The molecule has 8 heteroatoms. The maximum atomic E-state index is 12.5. The Hall–Kier alpha value is -1.75. The van der Waals surface area contributed by atoms with Crippen molar-refractivity contribution >= 4 is 0 Å². The average molecular weight is 282 g/mol. The molecule has 1 aromatic rings. The Morgan fingerprint density at radius 2 is 1.42 bits per heavy atom. The van der Waals surface area contributed by atoms with E-state index in [1.807, 2.05) is 0 Å². The SMILES string of the molecule is CNC(C#N)c1cc(C(F)(F)F)cc(C(F)(F)F)c1. The van der Waals surface area contributed by atoms with E-state index < -0.39 is 29.5 Å². The lowest BCUT2D eigenvalue weighted by molar-refractivity contribution is -0.143. The summed E-state index contributed by atoms with van der Waals surface area (Å²) in [5, 5.41) is 11.0. The molecule has 0 spiro atoms. The number of halogens is 6. The van der Waals surface area contributed by atoms with Gasteiger partial charge in [0.15, 0.2) is 0 Å². The molecule has 0 aliphatic heterocycles. The first-order valence-electron chi connectivity index (χ1n) is 4.96. The van der Waals surface area contributed by atoms with Crippen molar-refractivity contribution in [2.45, 2.75) is 18.4 Å². The third kappa shape index (κ3) is 3.61. The van der Waals surface area contributed by atoms with Gasteiger partial charge in [-0.25, -0.2) is 0 Å². The van der Waals surface area contributed by atoms with Crippen molar-refractivity contribution in [3.63, 3.8) is 0 Å². The summed E-state index contributed by atoms with van der Waals surface area (Å²) in [4.78, 5) is 0. The standard InChI is InChI=1S/C11H8F6N2/c1-19-9(5-18)6-2-7(10(12,13)14)4-8(3-6)11(15,16)17/h2-4,9,19H,1H3. The summed E-state index contributed by atoms with van der Waals surface area (Å²) in [7, 11) is 1.27. The Morgan fingerprint density at radius 1 is 1.00 bits per heavy atom. The van der Waals surface area contributed by atoms with Gasteiger partial charge in [-0.3, -0.25) is 0 Å². The number of benzene rings is 1. The predicted octanol–water partition coefficient (Wildman–Crippen LogP) is 3.51. The van der Waals surface area contributed by atoms with Gasteiger partial charge in [-0.2, -0.15) is 31.6 Å². The molecule has 0 fully saturated rings. The highest BCUT2D eigenvalue weighted by molar-refractivity contribution is 5.37. The van der Waals surface area contributed by atoms with E-state index >= 15 is 0 Å². The maximum absolute atomic E-state index is 12.5. The molecule has 1 atom stereocenters. The zero-order chi connectivity index (χ0) is 14.8. The summed E-state index contributed by atoms with van der Waals surface area (Å²) < 4.78 is 75.2. The molecule has 0 aromatic heterocycles. The topological polar surface area (TPSA) is 35.8 Å². The minimum Gasteiger partial charge on any atom is -0.301 e. The normalized spacial score (nSPS) is 14.0. The van der Waals surface area contributed by atoms with E-state index in [0.717, 1.165) is 0 Å². The number of alkyl halides is 6. The summed E-state index contributed by atoms with van der Waals surface area (Å²) in [6.07, 6.45) is -9.83. The minimum atomic E-state index is -4.91. The van der Waals surface area contributed by atoms with Crippen molar-refractivity contribution in [3.8, 4) is 6.07 Å². The molecule has 1 rings (SSSR count). The molecule has 2 nitrogen and oxygen atoms in total. The second-order valence-electron chi connectivity index (χ2n) is 3.69. The quantitative estimate of drug-likeness (QED) is 0.843. The third-order valence-electron chi connectivity index (χ3n) is 2.36. The molecule has 0 aliphatic carbocycles. The first kappa shape index (κ1) is 15.3. The van der Waals surface area contributed by atoms with Gasteiger partial charge in [-0.05, 0) is 30.8 Å². The summed E-state index contributed by atoms with van der Waals surface area (Å²) in [5.41, 5.74) is -3.26. The lowest BCUT2D eigenvalue weighted by atomic mass is 10.0. The van der Waals surface area contributed by atoms with Gasteiger partial charge in [-0.15, -0.1) is 0 Å². The molecule has 0 saturated carbocycles. The Labute approximate surface area is 104 Å². The van der Waals surface area contributed by atoms with Crippen LogP contribution in [-0.4, -0.2) is 7.05 Å². The van der Waals surface area contributed by atoms with Gasteiger partial charge in [0.25, 0.3) is 0 Å². The van der Waals surface area contributed by atoms with Crippen molar-refractivity contribution in [1.29, 1.82) is 5.26 Å². The predicted molar refractivity (Wildman–Crippen MR) is 53.9 cm³/mol. The fourth-order valence-corrected chi connectivity index (χ4v) is 1.45. The van der Waals surface area contributed by atoms with E-state index in [1.54, 1.807) is 6.07 Å². The molecule has 19 heavy (non-hydrogen) atoms. The number of hydrogen-bond donors (Lipinski definition) is 1. The maximum Gasteiger partial charge on any atom is 0.416 e. The Morgan fingerprint density at radius 3 is 1.68 bits per heavy atom. The largest absolute Gasteiger partial charge is 0.416 e. The van der Waals surface area contributed by atoms with E-state index in [4.69, 9.17) is 5.26 Å². The highest BCUT2D eigenvalue weighted by atomic mass is 19.4. The van der Waals surface area contributed by atoms with Crippen LogP contribution in [0.2, 0.25) is 0 Å². The zero-order valence-corrected chi connectivity index (χ0v) is 9.52. The van der Waals surface area contributed by atoms with Crippen LogP contribution in [0.5, 0.6) is 0 Å². The van der Waals surface area contributed by atoms with Crippen LogP contribution in [0, 0.1) is 11.3 Å². The zero-order valence-electron chi connectivity index (χ0n) is 9.52. The van der Waals surface area contributed by atoms with Gasteiger partial charge in [0.1, 0.15) is 6.04 Å². The van der Waals surface area contributed by atoms with Gasteiger partial charge in [0.2, 0.25) is 0 Å². The van der Waals surface area contributed by atoms with Crippen molar-refractivity contribution in [2.75, 3.05) is 7.05 Å². The van der Waals surface area contributed by atoms with Crippen LogP contribution in [-0.2, 0) is 12.4 Å². The molecule has 1 aromatic carbocycles. The van der Waals surface area contributed by atoms with Crippen LogP contribution >= 0.6 is 0 Å². The highest BCUT2D eigenvalue weighted by Crippen LogP contribution is 2.37. The summed E-state index contributed by atoms with van der Waals surface area (Å²) in [6, 6.07) is 1.41. The van der Waals surface area contributed by atoms with Crippen molar-refractivity contribution in [2.24, 2.45) is 0 Å². The lowest BCUT2D eigenvalue weighted by Crippen LogP contribution is -2.18. The Kier molecular flexibility index (Phi) is 4.10. The minimum absolute atomic E-state index is 0.0214. The van der Waals surface area contributed by atoms with Crippen molar-refractivity contribution < 1.29 is 26.3 Å². The first-order valence-corrected chi connectivity index (χ1v) is 4.96. The number of nitrogens with zero attached hydrogens (tertiary/aromatic N) is 1. The van der Waals surface area contributed by atoms with E-state index in [0.29, 0.717) is 12.1 Å². The number of hydrogen-bond acceptors (Lipinski definition) is 2. The smallest absolute Gasteiger partial charge is 0.301 e.